The van der Waals surface area contributed by atoms with Crippen LogP contribution in [0.15, 0.2) is 5.16 Å². The number of nitrogens with zero attached hydrogens (tertiary/aromatic N) is 1. The first-order valence-electron chi connectivity index (χ1n) is 4.90. The average Bonchev–Trinajstić information content (AvgIpc) is 2.50. The molecule has 74 valence electrons. The molecule has 2 saturated carbocycles. The minimum absolute atomic E-state index is 0.385. The number of hydrogen-bond donors (Lipinski definition) is 2. The summed E-state index contributed by atoms with van der Waals surface area (Å²) < 4.78 is 0. The van der Waals surface area contributed by atoms with Crippen LogP contribution in [0.2, 0.25) is 0 Å². The first kappa shape index (κ1) is 9.00. The van der Waals surface area contributed by atoms with Crippen LogP contribution in [0.4, 0.5) is 0 Å². The summed E-state index contributed by atoms with van der Waals surface area (Å²) >= 11 is 0. The maximum atomic E-state index is 8.84. The molecule has 0 aromatic heterocycles. The van der Waals surface area contributed by atoms with Gasteiger partial charge in [-0.1, -0.05) is 19.0 Å². The molecule has 3 nitrogen and oxygen atoms in total. The van der Waals surface area contributed by atoms with E-state index in [2.05, 4.69) is 19.0 Å². The molecule has 2 aliphatic carbocycles. The Bertz CT molecular complexity index is 268. The lowest BCUT2D eigenvalue weighted by Crippen LogP contribution is -2.47. The first-order valence-corrected chi connectivity index (χ1v) is 4.90. The smallest absolute Gasteiger partial charge is 0.0769 e. The second kappa shape index (κ2) is 2.27. The van der Waals surface area contributed by atoms with E-state index in [4.69, 9.17) is 10.9 Å². The Labute approximate surface area is 79.0 Å². The standard InChI is InChI=1S/C10H18N2O/c1-9(2)6-4-8(12-13)10(3,11)5-7(6)9/h6-7,13H,4-5,11H2,1-3H3/b12-8-/t6-,7+,10+/m1/s1. The molecule has 0 unspecified atom stereocenters. The monoisotopic (exact) mass is 182 g/mol. The molecule has 0 heterocycles. The minimum Gasteiger partial charge on any atom is -0.411 e. The maximum Gasteiger partial charge on any atom is 0.0769 e. The Morgan fingerprint density at radius 3 is 2.54 bits per heavy atom. The van der Waals surface area contributed by atoms with Crippen molar-refractivity contribution >= 4 is 5.71 Å². The van der Waals surface area contributed by atoms with Gasteiger partial charge in [0.15, 0.2) is 0 Å². The molecule has 3 atom stereocenters. The second-order valence-electron chi connectivity index (χ2n) is 5.41. The highest BCUT2D eigenvalue weighted by atomic mass is 16.4. The summed E-state index contributed by atoms with van der Waals surface area (Å²) in [6.07, 6.45) is 1.84. The zero-order valence-electron chi connectivity index (χ0n) is 8.54. The van der Waals surface area contributed by atoms with Crippen molar-refractivity contribution in [3.8, 4) is 0 Å². The van der Waals surface area contributed by atoms with E-state index in [0.717, 1.165) is 24.5 Å². The molecule has 3 heteroatoms. The normalized spacial score (nSPS) is 50.3. The number of fused-ring (bicyclic) bond motifs is 1. The van der Waals surface area contributed by atoms with Gasteiger partial charge < -0.3 is 10.9 Å². The summed E-state index contributed by atoms with van der Waals surface area (Å²) in [6, 6.07) is 0. The molecule has 0 saturated heterocycles. The van der Waals surface area contributed by atoms with Crippen molar-refractivity contribution in [3.63, 3.8) is 0 Å². The van der Waals surface area contributed by atoms with E-state index in [1.54, 1.807) is 0 Å². The maximum absolute atomic E-state index is 8.84. The van der Waals surface area contributed by atoms with Crippen molar-refractivity contribution in [2.45, 2.75) is 39.2 Å². The highest BCUT2D eigenvalue weighted by Crippen LogP contribution is 2.65. The Morgan fingerprint density at radius 2 is 2.00 bits per heavy atom. The molecular formula is C10H18N2O. The molecular weight excluding hydrogens is 164 g/mol. The summed E-state index contributed by atoms with van der Waals surface area (Å²) in [4.78, 5) is 0. The van der Waals surface area contributed by atoms with Crippen LogP contribution in [0, 0.1) is 17.3 Å². The van der Waals surface area contributed by atoms with E-state index >= 15 is 0 Å². The molecule has 0 aromatic carbocycles. The van der Waals surface area contributed by atoms with Crippen LogP contribution in [0.1, 0.15) is 33.6 Å². The van der Waals surface area contributed by atoms with Gasteiger partial charge in [-0.3, -0.25) is 0 Å². The predicted octanol–water partition coefficient (Wildman–Crippen LogP) is 1.60. The van der Waals surface area contributed by atoms with Crippen molar-refractivity contribution in [1.29, 1.82) is 0 Å². The van der Waals surface area contributed by atoms with Gasteiger partial charge in [0.05, 0.1) is 11.3 Å². The van der Waals surface area contributed by atoms with Crippen LogP contribution in [-0.4, -0.2) is 16.5 Å². The minimum atomic E-state index is -0.385. The Kier molecular flexibility index (Phi) is 1.57. The molecule has 2 aliphatic rings. The zero-order chi connectivity index (χ0) is 9.85. The van der Waals surface area contributed by atoms with Crippen LogP contribution in [0.3, 0.4) is 0 Å². The van der Waals surface area contributed by atoms with Gasteiger partial charge in [-0.2, -0.15) is 0 Å². The fourth-order valence-corrected chi connectivity index (χ4v) is 2.84. The quantitative estimate of drug-likeness (QED) is 0.441. The molecule has 0 amide bonds. The van der Waals surface area contributed by atoms with E-state index in [0.29, 0.717) is 11.3 Å². The molecule has 0 aromatic rings. The summed E-state index contributed by atoms with van der Waals surface area (Å²) in [6.45, 7) is 6.52. The van der Waals surface area contributed by atoms with Crippen molar-refractivity contribution in [2.75, 3.05) is 0 Å². The van der Waals surface area contributed by atoms with Gasteiger partial charge in [-0.15, -0.1) is 0 Å². The van der Waals surface area contributed by atoms with Gasteiger partial charge in [-0.25, -0.2) is 0 Å². The predicted molar refractivity (Wildman–Crippen MR) is 51.8 cm³/mol. The third-order valence-corrected chi connectivity index (χ3v) is 4.13. The fraction of sp³-hybridized carbons (Fsp3) is 0.900. The molecule has 2 rings (SSSR count). The number of rotatable bonds is 0. The third kappa shape index (κ3) is 1.10. The Morgan fingerprint density at radius 1 is 1.38 bits per heavy atom. The van der Waals surface area contributed by atoms with Crippen molar-refractivity contribution in [1.82, 2.24) is 0 Å². The SMILES string of the molecule is CC1(C)[C@@H]2C/C(=N/O)[C@@](C)(N)C[C@@H]21. The lowest BCUT2D eigenvalue weighted by Gasteiger charge is -2.29. The van der Waals surface area contributed by atoms with Crippen LogP contribution >= 0.6 is 0 Å². The van der Waals surface area contributed by atoms with Crippen molar-refractivity contribution in [2.24, 2.45) is 28.1 Å². The van der Waals surface area contributed by atoms with E-state index in [9.17, 15) is 0 Å². The summed E-state index contributed by atoms with van der Waals surface area (Å²) in [5.41, 5.74) is 6.88. The van der Waals surface area contributed by atoms with Gasteiger partial charge in [0.2, 0.25) is 0 Å². The molecule has 13 heavy (non-hydrogen) atoms. The highest BCUT2D eigenvalue weighted by Gasteiger charge is 2.62. The van der Waals surface area contributed by atoms with Gasteiger partial charge >= 0.3 is 0 Å². The van der Waals surface area contributed by atoms with Gasteiger partial charge in [0.25, 0.3) is 0 Å². The summed E-state index contributed by atoms with van der Waals surface area (Å²) in [5.74, 6) is 1.42. The number of oxime groups is 1. The highest BCUT2D eigenvalue weighted by molar-refractivity contribution is 5.94. The van der Waals surface area contributed by atoms with Crippen LogP contribution < -0.4 is 5.73 Å². The Hall–Kier alpha value is -0.570. The third-order valence-electron chi connectivity index (χ3n) is 4.13. The molecule has 2 fully saturated rings. The fourth-order valence-electron chi connectivity index (χ4n) is 2.84. The topological polar surface area (TPSA) is 58.6 Å². The molecule has 0 spiro atoms. The van der Waals surface area contributed by atoms with Gasteiger partial charge in [0.1, 0.15) is 0 Å². The van der Waals surface area contributed by atoms with Crippen molar-refractivity contribution < 1.29 is 5.21 Å². The van der Waals surface area contributed by atoms with E-state index in [1.807, 2.05) is 6.92 Å². The van der Waals surface area contributed by atoms with Crippen molar-refractivity contribution in [3.05, 3.63) is 0 Å². The number of hydrogen-bond acceptors (Lipinski definition) is 3. The molecule has 0 bridgehead atoms. The zero-order valence-corrected chi connectivity index (χ0v) is 8.54. The van der Waals surface area contributed by atoms with Crippen LogP contribution in [0.25, 0.3) is 0 Å². The Balaban J connectivity index is 2.22. The lowest BCUT2D eigenvalue weighted by atomic mass is 9.82. The van der Waals surface area contributed by atoms with E-state index in [1.165, 1.54) is 0 Å². The van der Waals surface area contributed by atoms with Gasteiger partial charge in [-0.05, 0) is 37.0 Å². The molecule has 0 aliphatic heterocycles. The van der Waals surface area contributed by atoms with E-state index in [-0.39, 0.29) is 5.54 Å². The van der Waals surface area contributed by atoms with Crippen LogP contribution in [-0.2, 0) is 0 Å². The first-order chi connectivity index (χ1) is 5.89. The second-order valence-corrected chi connectivity index (χ2v) is 5.41. The van der Waals surface area contributed by atoms with Crippen LogP contribution in [0.5, 0.6) is 0 Å². The summed E-state index contributed by atoms with van der Waals surface area (Å²) in [5, 5.41) is 12.2. The lowest BCUT2D eigenvalue weighted by molar-refractivity contribution is 0.305. The molecule has 3 N–H and O–H groups in total. The molecule has 0 radical (unpaired) electrons. The largest absolute Gasteiger partial charge is 0.411 e. The summed E-state index contributed by atoms with van der Waals surface area (Å²) in [7, 11) is 0. The number of nitrogens with two attached hydrogens (primary N) is 1. The van der Waals surface area contributed by atoms with Gasteiger partial charge in [0, 0.05) is 0 Å². The van der Waals surface area contributed by atoms with E-state index < -0.39 is 0 Å². The average molecular weight is 182 g/mol.